The first-order chi connectivity index (χ1) is 8.29. The maximum atomic E-state index is 5.78. The molecule has 1 aromatic heterocycles. The zero-order valence-electron chi connectivity index (χ0n) is 9.90. The highest BCUT2D eigenvalue weighted by Crippen LogP contribution is 2.16. The second-order valence-corrected chi connectivity index (χ2v) is 5.35. The Balaban J connectivity index is 1.92. The molecule has 0 N–H and O–H groups in total. The maximum Gasteiger partial charge on any atom is 0.0474 e. The smallest absolute Gasteiger partial charge is 0.0474 e. The lowest BCUT2D eigenvalue weighted by Gasteiger charge is -2.19. The predicted molar refractivity (Wildman–Crippen MR) is 77.3 cm³/mol. The number of anilines is 1. The van der Waals surface area contributed by atoms with Crippen molar-refractivity contribution in [2.75, 3.05) is 18.5 Å². The van der Waals surface area contributed by atoms with Gasteiger partial charge in [-0.05, 0) is 35.6 Å². The highest BCUT2D eigenvalue weighted by atomic mass is 35.5. The van der Waals surface area contributed by atoms with Gasteiger partial charge in [-0.25, -0.2) is 0 Å². The third-order valence-electron chi connectivity index (χ3n) is 2.81. The van der Waals surface area contributed by atoms with Gasteiger partial charge < -0.3 is 4.90 Å². The molecule has 2 rings (SSSR count). The minimum Gasteiger partial charge on any atom is -0.374 e. The molecule has 3 heteroatoms. The van der Waals surface area contributed by atoms with Crippen LogP contribution in [-0.2, 0) is 12.3 Å². The van der Waals surface area contributed by atoms with E-state index < -0.39 is 0 Å². The first-order valence-corrected chi connectivity index (χ1v) is 7.09. The van der Waals surface area contributed by atoms with Crippen LogP contribution in [0.5, 0.6) is 0 Å². The molecular formula is C14H16ClNS. The second-order valence-electron chi connectivity index (χ2n) is 4.05. The molecule has 17 heavy (non-hydrogen) atoms. The zero-order chi connectivity index (χ0) is 12.1. The largest absolute Gasteiger partial charge is 0.374 e. The van der Waals surface area contributed by atoms with E-state index in [1.807, 2.05) is 11.3 Å². The number of alkyl halides is 1. The molecule has 0 saturated carbocycles. The summed E-state index contributed by atoms with van der Waals surface area (Å²) < 4.78 is 0. The number of benzene rings is 1. The van der Waals surface area contributed by atoms with Crippen LogP contribution in [0.3, 0.4) is 0 Å². The van der Waals surface area contributed by atoms with Crippen molar-refractivity contribution >= 4 is 28.6 Å². The Kier molecular flexibility index (Phi) is 4.46. The van der Waals surface area contributed by atoms with E-state index >= 15 is 0 Å². The number of likely N-dealkylation sites (N-methyl/N-ethyl adjacent to an activating group) is 1. The lowest BCUT2D eigenvalue weighted by atomic mass is 10.2. The maximum absolute atomic E-state index is 5.78. The topological polar surface area (TPSA) is 3.24 Å². The fourth-order valence-electron chi connectivity index (χ4n) is 1.70. The SMILES string of the molecule is CN(CCc1cccs1)c1ccc(CCl)cc1. The van der Waals surface area contributed by atoms with Gasteiger partial charge in [-0.3, -0.25) is 0 Å². The molecule has 1 aromatic carbocycles. The van der Waals surface area contributed by atoms with Crippen LogP contribution in [0.25, 0.3) is 0 Å². The molecule has 90 valence electrons. The van der Waals surface area contributed by atoms with Crippen molar-refractivity contribution in [3.63, 3.8) is 0 Å². The Morgan fingerprint density at radius 2 is 1.94 bits per heavy atom. The van der Waals surface area contributed by atoms with Gasteiger partial charge in [-0.1, -0.05) is 18.2 Å². The number of hydrogen-bond donors (Lipinski definition) is 0. The summed E-state index contributed by atoms with van der Waals surface area (Å²) in [6.07, 6.45) is 1.10. The highest BCUT2D eigenvalue weighted by molar-refractivity contribution is 7.09. The molecule has 0 atom stereocenters. The van der Waals surface area contributed by atoms with E-state index in [1.165, 1.54) is 16.1 Å². The molecule has 0 radical (unpaired) electrons. The van der Waals surface area contributed by atoms with Crippen LogP contribution in [0.2, 0.25) is 0 Å². The monoisotopic (exact) mass is 265 g/mol. The van der Waals surface area contributed by atoms with Crippen LogP contribution < -0.4 is 4.90 Å². The van der Waals surface area contributed by atoms with E-state index in [-0.39, 0.29) is 0 Å². The molecular weight excluding hydrogens is 250 g/mol. The lowest BCUT2D eigenvalue weighted by molar-refractivity contribution is 0.887. The number of nitrogens with zero attached hydrogens (tertiary/aromatic N) is 1. The second kappa shape index (κ2) is 6.08. The van der Waals surface area contributed by atoms with E-state index in [1.54, 1.807) is 0 Å². The molecule has 0 saturated heterocycles. The fraction of sp³-hybridized carbons (Fsp3) is 0.286. The van der Waals surface area contributed by atoms with Crippen molar-refractivity contribution in [3.8, 4) is 0 Å². The van der Waals surface area contributed by atoms with Crippen LogP contribution in [0.4, 0.5) is 5.69 Å². The first-order valence-electron chi connectivity index (χ1n) is 5.68. The molecule has 0 aliphatic carbocycles. The average Bonchev–Trinajstić information content (AvgIpc) is 2.89. The Bertz CT molecular complexity index is 436. The Morgan fingerprint density at radius 3 is 2.53 bits per heavy atom. The molecule has 0 bridgehead atoms. The summed E-state index contributed by atoms with van der Waals surface area (Å²) in [4.78, 5) is 3.71. The van der Waals surface area contributed by atoms with Gasteiger partial charge in [0, 0.05) is 30.0 Å². The summed E-state index contributed by atoms with van der Waals surface area (Å²) in [7, 11) is 2.13. The van der Waals surface area contributed by atoms with Crippen molar-refractivity contribution in [2.45, 2.75) is 12.3 Å². The van der Waals surface area contributed by atoms with Gasteiger partial charge in [0.15, 0.2) is 0 Å². The first kappa shape index (κ1) is 12.5. The van der Waals surface area contributed by atoms with E-state index in [4.69, 9.17) is 11.6 Å². The summed E-state index contributed by atoms with van der Waals surface area (Å²) in [5.74, 6) is 0.583. The molecule has 0 spiro atoms. The van der Waals surface area contributed by atoms with Gasteiger partial charge in [-0.15, -0.1) is 22.9 Å². The van der Waals surface area contributed by atoms with Gasteiger partial charge >= 0.3 is 0 Å². The van der Waals surface area contributed by atoms with Crippen LogP contribution in [0.1, 0.15) is 10.4 Å². The van der Waals surface area contributed by atoms with Gasteiger partial charge in [0.1, 0.15) is 0 Å². The summed E-state index contributed by atoms with van der Waals surface area (Å²) in [6, 6.07) is 12.7. The zero-order valence-corrected chi connectivity index (χ0v) is 11.5. The molecule has 0 amide bonds. The standard InChI is InChI=1S/C14H16ClNS/c1-16(9-8-14-3-2-10-17-14)13-6-4-12(11-15)5-7-13/h2-7,10H,8-9,11H2,1H3. The van der Waals surface area contributed by atoms with Gasteiger partial charge in [0.25, 0.3) is 0 Å². The minimum absolute atomic E-state index is 0.583. The van der Waals surface area contributed by atoms with Gasteiger partial charge in [-0.2, -0.15) is 0 Å². The summed E-state index contributed by atoms with van der Waals surface area (Å²) >= 11 is 7.60. The molecule has 0 unspecified atom stereocenters. The summed E-state index contributed by atoms with van der Waals surface area (Å²) in [6.45, 7) is 1.04. The van der Waals surface area contributed by atoms with E-state index in [0.717, 1.165) is 13.0 Å². The minimum atomic E-state index is 0.583. The van der Waals surface area contributed by atoms with E-state index in [9.17, 15) is 0 Å². The van der Waals surface area contributed by atoms with Crippen LogP contribution in [0.15, 0.2) is 41.8 Å². The van der Waals surface area contributed by atoms with Gasteiger partial charge in [0.05, 0.1) is 0 Å². The van der Waals surface area contributed by atoms with E-state index in [0.29, 0.717) is 5.88 Å². The van der Waals surface area contributed by atoms with Gasteiger partial charge in [0.2, 0.25) is 0 Å². The van der Waals surface area contributed by atoms with E-state index in [2.05, 4.69) is 53.7 Å². The number of rotatable bonds is 5. The Hall–Kier alpha value is -0.990. The molecule has 1 heterocycles. The Morgan fingerprint density at radius 1 is 1.18 bits per heavy atom. The average molecular weight is 266 g/mol. The highest BCUT2D eigenvalue weighted by Gasteiger charge is 2.02. The van der Waals surface area contributed by atoms with Crippen molar-refractivity contribution in [3.05, 3.63) is 52.2 Å². The van der Waals surface area contributed by atoms with Crippen molar-refractivity contribution in [1.82, 2.24) is 0 Å². The lowest BCUT2D eigenvalue weighted by Crippen LogP contribution is -2.19. The van der Waals surface area contributed by atoms with Crippen LogP contribution in [0, 0.1) is 0 Å². The van der Waals surface area contributed by atoms with Crippen molar-refractivity contribution < 1.29 is 0 Å². The molecule has 0 aliphatic heterocycles. The quantitative estimate of drug-likeness (QED) is 0.734. The third kappa shape index (κ3) is 3.48. The fourth-order valence-corrected chi connectivity index (χ4v) is 2.58. The third-order valence-corrected chi connectivity index (χ3v) is 4.05. The predicted octanol–water partition coefficient (Wildman–Crippen LogP) is 4.17. The molecule has 0 aliphatic rings. The number of hydrogen-bond acceptors (Lipinski definition) is 2. The Labute approximate surface area is 112 Å². The summed E-state index contributed by atoms with van der Waals surface area (Å²) in [5.41, 5.74) is 2.41. The number of halogens is 1. The normalized spacial score (nSPS) is 10.5. The van der Waals surface area contributed by atoms with Crippen molar-refractivity contribution in [1.29, 1.82) is 0 Å². The van der Waals surface area contributed by atoms with Crippen molar-refractivity contribution in [2.24, 2.45) is 0 Å². The summed E-state index contributed by atoms with van der Waals surface area (Å²) in [5, 5.41) is 2.13. The molecule has 1 nitrogen and oxygen atoms in total. The number of thiophene rings is 1. The van der Waals surface area contributed by atoms with Crippen LogP contribution >= 0.6 is 22.9 Å². The molecule has 0 fully saturated rings. The molecule has 2 aromatic rings. The van der Waals surface area contributed by atoms with Crippen LogP contribution in [-0.4, -0.2) is 13.6 Å².